The fourth-order valence-electron chi connectivity index (χ4n) is 2.36. The van der Waals surface area contributed by atoms with Crippen LogP contribution in [0.4, 0.5) is 0 Å². The van der Waals surface area contributed by atoms with E-state index in [-0.39, 0.29) is 5.41 Å². The molecule has 0 amide bonds. The lowest BCUT2D eigenvalue weighted by Crippen LogP contribution is -2.33. The molecular formula is C15H20N2O2. The molecule has 1 aromatic heterocycles. The third-order valence-electron chi connectivity index (χ3n) is 3.30. The minimum atomic E-state index is -0.967. The van der Waals surface area contributed by atoms with E-state index in [1.54, 1.807) is 0 Å². The monoisotopic (exact) mass is 260 g/mol. The van der Waals surface area contributed by atoms with E-state index in [9.17, 15) is 4.79 Å². The Morgan fingerprint density at radius 1 is 1.37 bits per heavy atom. The Labute approximate surface area is 112 Å². The van der Waals surface area contributed by atoms with Gasteiger partial charge in [-0.25, -0.2) is 0 Å². The number of aromatic amines is 1. The van der Waals surface area contributed by atoms with Crippen LogP contribution in [0.25, 0.3) is 10.9 Å². The maximum atomic E-state index is 11.0. The molecule has 0 saturated carbocycles. The first-order valence-electron chi connectivity index (χ1n) is 6.39. The highest BCUT2D eigenvalue weighted by atomic mass is 16.4. The molecule has 1 aromatic carbocycles. The van der Waals surface area contributed by atoms with Gasteiger partial charge in [0.2, 0.25) is 0 Å². The second-order valence-corrected chi connectivity index (χ2v) is 5.92. The molecule has 19 heavy (non-hydrogen) atoms. The van der Waals surface area contributed by atoms with Gasteiger partial charge in [-0.3, -0.25) is 4.79 Å². The first-order chi connectivity index (χ1) is 8.80. The molecule has 0 aliphatic heterocycles. The predicted molar refractivity (Wildman–Crippen MR) is 76.3 cm³/mol. The fourth-order valence-corrected chi connectivity index (χ4v) is 2.36. The Morgan fingerprint density at radius 2 is 2.00 bits per heavy atom. The predicted octanol–water partition coefficient (Wildman–Crippen LogP) is 2.42. The molecule has 1 heterocycles. The molecule has 0 saturated heterocycles. The molecular weight excluding hydrogens is 240 g/mol. The van der Waals surface area contributed by atoms with Crippen LogP contribution in [0, 0.1) is 0 Å². The summed E-state index contributed by atoms with van der Waals surface area (Å²) < 4.78 is 0. The number of carboxylic acids is 1. The summed E-state index contributed by atoms with van der Waals surface area (Å²) in [5.74, 6) is -0.967. The third kappa shape index (κ3) is 2.63. The summed E-state index contributed by atoms with van der Waals surface area (Å²) in [6.07, 6.45) is 0.339. The van der Waals surface area contributed by atoms with E-state index in [0.29, 0.717) is 6.42 Å². The molecule has 0 aliphatic carbocycles. The summed E-state index contributed by atoms with van der Waals surface area (Å²) in [5, 5.41) is 10.1. The lowest BCUT2D eigenvalue weighted by atomic mass is 9.87. The number of carbonyl (C=O) groups is 1. The molecule has 4 N–H and O–H groups in total. The topological polar surface area (TPSA) is 79.1 Å². The number of aromatic nitrogens is 1. The molecule has 102 valence electrons. The highest BCUT2D eigenvalue weighted by Crippen LogP contribution is 2.31. The lowest BCUT2D eigenvalue weighted by Gasteiger charge is -2.20. The van der Waals surface area contributed by atoms with Crippen LogP contribution in [0.1, 0.15) is 32.0 Å². The first kappa shape index (κ1) is 13.6. The number of fused-ring (bicyclic) bond motifs is 1. The second kappa shape index (κ2) is 4.70. The zero-order valence-electron chi connectivity index (χ0n) is 11.5. The van der Waals surface area contributed by atoms with Gasteiger partial charge in [-0.2, -0.15) is 0 Å². The summed E-state index contributed by atoms with van der Waals surface area (Å²) >= 11 is 0. The van der Waals surface area contributed by atoms with Crippen LogP contribution in [0.15, 0.2) is 24.3 Å². The molecule has 0 radical (unpaired) electrons. The number of aliphatic carboxylic acids is 1. The smallest absolute Gasteiger partial charge is 0.320 e. The van der Waals surface area contributed by atoms with Crippen molar-refractivity contribution in [1.29, 1.82) is 0 Å². The zero-order chi connectivity index (χ0) is 14.2. The molecule has 0 aliphatic rings. The molecule has 0 bridgehead atoms. The van der Waals surface area contributed by atoms with Crippen molar-refractivity contribution in [2.24, 2.45) is 5.73 Å². The molecule has 4 nitrogen and oxygen atoms in total. The summed E-state index contributed by atoms with van der Waals surface area (Å²) in [6, 6.07) is 7.05. The summed E-state index contributed by atoms with van der Waals surface area (Å²) in [7, 11) is 0. The lowest BCUT2D eigenvalue weighted by molar-refractivity contribution is -0.138. The van der Waals surface area contributed by atoms with Crippen LogP contribution >= 0.6 is 0 Å². The van der Waals surface area contributed by atoms with Crippen molar-refractivity contribution in [2.45, 2.75) is 38.6 Å². The highest BCUT2D eigenvalue weighted by Gasteiger charge is 2.25. The van der Waals surface area contributed by atoms with Gasteiger partial charge < -0.3 is 15.8 Å². The number of carboxylic acid groups (broad SMARTS) is 1. The number of nitrogens with two attached hydrogens (primary N) is 1. The molecule has 1 unspecified atom stereocenters. The van der Waals surface area contributed by atoms with Crippen molar-refractivity contribution >= 4 is 16.9 Å². The number of benzene rings is 1. The van der Waals surface area contributed by atoms with E-state index in [0.717, 1.165) is 22.2 Å². The maximum absolute atomic E-state index is 11.0. The largest absolute Gasteiger partial charge is 0.480 e. The Balaban J connectivity index is 2.58. The van der Waals surface area contributed by atoms with Gasteiger partial charge in [-0.15, -0.1) is 0 Å². The van der Waals surface area contributed by atoms with Crippen molar-refractivity contribution in [3.63, 3.8) is 0 Å². The average molecular weight is 260 g/mol. The van der Waals surface area contributed by atoms with E-state index in [4.69, 9.17) is 10.8 Å². The van der Waals surface area contributed by atoms with E-state index < -0.39 is 12.0 Å². The Kier molecular flexibility index (Phi) is 3.37. The van der Waals surface area contributed by atoms with Crippen LogP contribution in [0.2, 0.25) is 0 Å². The number of hydrogen-bond donors (Lipinski definition) is 3. The van der Waals surface area contributed by atoms with Crippen LogP contribution in [-0.2, 0) is 16.6 Å². The van der Waals surface area contributed by atoms with Gasteiger partial charge in [0, 0.05) is 28.4 Å². The number of hydrogen-bond acceptors (Lipinski definition) is 2. The summed E-state index contributed by atoms with van der Waals surface area (Å²) in [6.45, 7) is 6.31. The van der Waals surface area contributed by atoms with Crippen LogP contribution in [-0.4, -0.2) is 22.1 Å². The van der Waals surface area contributed by atoms with Gasteiger partial charge >= 0.3 is 5.97 Å². The molecule has 0 fully saturated rings. The Morgan fingerprint density at radius 3 is 2.58 bits per heavy atom. The standard InChI is InChI=1S/C15H20N2O2/c1-15(2,3)13-10(8-11(16)14(18)19)9-6-4-5-7-12(9)17-13/h4-7,11,17H,8,16H2,1-3H3,(H,18,19). The molecule has 4 heteroatoms. The normalized spacial score (nSPS) is 13.7. The third-order valence-corrected chi connectivity index (χ3v) is 3.30. The number of H-pyrrole nitrogens is 1. The van der Waals surface area contributed by atoms with E-state index in [1.165, 1.54) is 0 Å². The highest BCUT2D eigenvalue weighted by molar-refractivity contribution is 5.86. The molecule has 1 atom stereocenters. The molecule has 2 aromatic rings. The SMILES string of the molecule is CC(C)(C)c1[nH]c2ccccc2c1CC(N)C(=O)O. The van der Waals surface area contributed by atoms with Gasteiger partial charge in [0.15, 0.2) is 0 Å². The van der Waals surface area contributed by atoms with Gasteiger partial charge in [-0.05, 0) is 11.6 Å². The molecule has 0 spiro atoms. The van der Waals surface area contributed by atoms with Crippen LogP contribution < -0.4 is 5.73 Å². The van der Waals surface area contributed by atoms with E-state index in [1.807, 2.05) is 24.3 Å². The minimum absolute atomic E-state index is 0.0768. The van der Waals surface area contributed by atoms with Gasteiger partial charge in [-0.1, -0.05) is 39.0 Å². The summed E-state index contributed by atoms with van der Waals surface area (Å²) in [5.41, 5.74) is 8.72. The van der Waals surface area contributed by atoms with Crippen molar-refractivity contribution in [1.82, 2.24) is 4.98 Å². The quantitative estimate of drug-likeness (QED) is 0.793. The van der Waals surface area contributed by atoms with Crippen molar-refractivity contribution in [3.05, 3.63) is 35.5 Å². The number of para-hydroxylation sites is 1. The Hall–Kier alpha value is -1.81. The second-order valence-electron chi connectivity index (χ2n) is 5.92. The van der Waals surface area contributed by atoms with Gasteiger partial charge in [0.05, 0.1) is 0 Å². The van der Waals surface area contributed by atoms with Crippen LogP contribution in [0.3, 0.4) is 0 Å². The summed E-state index contributed by atoms with van der Waals surface area (Å²) in [4.78, 5) is 14.4. The Bertz CT molecular complexity index is 608. The number of nitrogens with one attached hydrogen (secondary N) is 1. The fraction of sp³-hybridized carbons (Fsp3) is 0.400. The van der Waals surface area contributed by atoms with Gasteiger partial charge in [0.1, 0.15) is 6.04 Å². The minimum Gasteiger partial charge on any atom is -0.480 e. The maximum Gasteiger partial charge on any atom is 0.320 e. The first-order valence-corrected chi connectivity index (χ1v) is 6.39. The van der Waals surface area contributed by atoms with Crippen molar-refractivity contribution in [2.75, 3.05) is 0 Å². The van der Waals surface area contributed by atoms with E-state index in [2.05, 4.69) is 25.8 Å². The molecule has 2 rings (SSSR count). The van der Waals surface area contributed by atoms with Gasteiger partial charge in [0.25, 0.3) is 0 Å². The van der Waals surface area contributed by atoms with Crippen molar-refractivity contribution in [3.8, 4) is 0 Å². The zero-order valence-corrected chi connectivity index (χ0v) is 11.5. The number of rotatable bonds is 3. The van der Waals surface area contributed by atoms with Crippen molar-refractivity contribution < 1.29 is 9.90 Å². The van der Waals surface area contributed by atoms with E-state index >= 15 is 0 Å². The van der Waals surface area contributed by atoms with Crippen LogP contribution in [0.5, 0.6) is 0 Å². The average Bonchev–Trinajstić information content (AvgIpc) is 2.68.